The number of rotatable bonds is 6. The maximum absolute atomic E-state index is 12.5. The lowest BCUT2D eigenvalue weighted by molar-refractivity contribution is -0.113. The molecule has 0 fully saturated rings. The maximum atomic E-state index is 12.5. The first-order chi connectivity index (χ1) is 15.0. The van der Waals surface area contributed by atoms with Crippen LogP contribution in [0.15, 0.2) is 82.4 Å². The van der Waals surface area contributed by atoms with E-state index in [2.05, 4.69) is 31.4 Å². The zero-order valence-corrected chi connectivity index (χ0v) is 19.7. The van der Waals surface area contributed by atoms with Crippen LogP contribution in [-0.2, 0) is 4.79 Å². The number of aromatic nitrogens is 3. The molecule has 0 unspecified atom stereocenters. The quantitative estimate of drug-likeness (QED) is 0.304. The SMILES string of the molecule is Cc1ccc(-c2nnc(SCC(=O)Nc3cccc(Br)c3)n2-c2ccc(Cl)cc2)cc1. The summed E-state index contributed by atoms with van der Waals surface area (Å²) >= 11 is 10.8. The van der Waals surface area contributed by atoms with Crippen LogP contribution in [0.1, 0.15) is 5.56 Å². The van der Waals surface area contributed by atoms with Crippen molar-refractivity contribution >= 4 is 50.9 Å². The molecule has 1 aromatic heterocycles. The smallest absolute Gasteiger partial charge is 0.234 e. The fraction of sp³-hybridized carbons (Fsp3) is 0.0870. The Morgan fingerprint density at radius 1 is 1.06 bits per heavy atom. The summed E-state index contributed by atoms with van der Waals surface area (Å²) in [6, 6.07) is 23.1. The van der Waals surface area contributed by atoms with E-state index in [1.165, 1.54) is 17.3 Å². The molecular weight excluding hydrogens is 496 g/mol. The highest BCUT2D eigenvalue weighted by atomic mass is 79.9. The summed E-state index contributed by atoms with van der Waals surface area (Å²) in [7, 11) is 0. The lowest BCUT2D eigenvalue weighted by Crippen LogP contribution is -2.14. The Bertz CT molecular complexity index is 1210. The molecule has 0 saturated carbocycles. The van der Waals surface area contributed by atoms with Crippen molar-refractivity contribution in [2.75, 3.05) is 11.1 Å². The molecule has 0 radical (unpaired) electrons. The average molecular weight is 514 g/mol. The van der Waals surface area contributed by atoms with E-state index in [0.29, 0.717) is 16.0 Å². The van der Waals surface area contributed by atoms with E-state index < -0.39 is 0 Å². The highest BCUT2D eigenvalue weighted by Crippen LogP contribution is 2.29. The number of benzene rings is 3. The molecule has 1 amide bonds. The number of carbonyl (C=O) groups is 1. The lowest BCUT2D eigenvalue weighted by Gasteiger charge is -2.11. The topological polar surface area (TPSA) is 59.8 Å². The van der Waals surface area contributed by atoms with Crippen molar-refractivity contribution in [2.24, 2.45) is 0 Å². The molecule has 5 nitrogen and oxygen atoms in total. The molecule has 156 valence electrons. The standard InChI is InChI=1S/C23H18BrClN4OS/c1-15-5-7-16(8-6-15)22-27-28-23(29(22)20-11-9-18(25)10-12-20)31-14-21(30)26-19-4-2-3-17(24)13-19/h2-13H,14H2,1H3,(H,26,30). The van der Waals surface area contributed by atoms with Crippen LogP contribution in [0.4, 0.5) is 5.69 Å². The van der Waals surface area contributed by atoms with Crippen LogP contribution in [0.5, 0.6) is 0 Å². The largest absolute Gasteiger partial charge is 0.325 e. The predicted molar refractivity (Wildman–Crippen MR) is 130 cm³/mol. The van der Waals surface area contributed by atoms with Crippen LogP contribution in [0.2, 0.25) is 5.02 Å². The number of amides is 1. The third-order valence-electron chi connectivity index (χ3n) is 4.47. The normalized spacial score (nSPS) is 10.8. The van der Waals surface area contributed by atoms with Gasteiger partial charge in [-0.3, -0.25) is 9.36 Å². The van der Waals surface area contributed by atoms with Gasteiger partial charge in [0.1, 0.15) is 0 Å². The molecule has 4 aromatic rings. The van der Waals surface area contributed by atoms with E-state index >= 15 is 0 Å². The number of nitrogens with one attached hydrogen (secondary N) is 1. The molecule has 0 bridgehead atoms. The van der Waals surface area contributed by atoms with Crippen molar-refractivity contribution in [1.82, 2.24) is 14.8 Å². The summed E-state index contributed by atoms with van der Waals surface area (Å²) in [6.07, 6.45) is 0. The number of aryl methyl sites for hydroxylation is 1. The van der Waals surface area contributed by atoms with Crippen LogP contribution in [0.3, 0.4) is 0 Å². The minimum Gasteiger partial charge on any atom is -0.325 e. The Labute approximate surface area is 198 Å². The molecule has 0 aliphatic carbocycles. The van der Waals surface area contributed by atoms with Gasteiger partial charge in [-0.25, -0.2) is 0 Å². The van der Waals surface area contributed by atoms with Gasteiger partial charge in [0.15, 0.2) is 11.0 Å². The predicted octanol–water partition coefficient (Wildman–Crippen LogP) is 6.39. The number of thioether (sulfide) groups is 1. The van der Waals surface area contributed by atoms with Gasteiger partial charge in [-0.15, -0.1) is 10.2 Å². The second-order valence-electron chi connectivity index (χ2n) is 6.83. The molecule has 0 aliphatic rings. The zero-order valence-electron chi connectivity index (χ0n) is 16.5. The Kier molecular flexibility index (Phi) is 6.75. The van der Waals surface area contributed by atoms with E-state index in [1.54, 1.807) is 0 Å². The first kappa shape index (κ1) is 21.6. The second kappa shape index (κ2) is 9.68. The maximum Gasteiger partial charge on any atom is 0.234 e. The van der Waals surface area contributed by atoms with E-state index in [-0.39, 0.29) is 11.7 Å². The number of hydrogen-bond acceptors (Lipinski definition) is 4. The van der Waals surface area contributed by atoms with E-state index in [1.807, 2.05) is 84.3 Å². The number of nitrogens with zero attached hydrogens (tertiary/aromatic N) is 3. The van der Waals surface area contributed by atoms with Gasteiger partial charge in [-0.1, -0.05) is 75.2 Å². The molecule has 0 saturated heterocycles. The van der Waals surface area contributed by atoms with Gasteiger partial charge < -0.3 is 5.32 Å². The number of anilines is 1. The summed E-state index contributed by atoms with van der Waals surface area (Å²) in [6.45, 7) is 2.04. The minimum atomic E-state index is -0.120. The van der Waals surface area contributed by atoms with Crippen LogP contribution in [-0.4, -0.2) is 26.4 Å². The van der Waals surface area contributed by atoms with Gasteiger partial charge in [0, 0.05) is 26.4 Å². The van der Waals surface area contributed by atoms with Crippen molar-refractivity contribution < 1.29 is 4.79 Å². The second-order valence-corrected chi connectivity index (χ2v) is 9.13. The number of carbonyl (C=O) groups excluding carboxylic acids is 1. The molecular formula is C23H18BrClN4OS. The summed E-state index contributed by atoms with van der Waals surface area (Å²) in [4.78, 5) is 12.5. The molecule has 4 rings (SSSR count). The van der Waals surface area contributed by atoms with Gasteiger partial charge in [-0.05, 0) is 49.4 Å². The fourth-order valence-electron chi connectivity index (χ4n) is 2.97. The number of halogens is 2. The third-order valence-corrected chi connectivity index (χ3v) is 6.14. The molecule has 3 aromatic carbocycles. The minimum absolute atomic E-state index is 0.120. The fourth-order valence-corrected chi connectivity index (χ4v) is 4.25. The Morgan fingerprint density at radius 2 is 1.81 bits per heavy atom. The third kappa shape index (κ3) is 5.36. The first-order valence-corrected chi connectivity index (χ1v) is 11.6. The highest BCUT2D eigenvalue weighted by Gasteiger charge is 2.17. The molecule has 0 atom stereocenters. The molecule has 0 spiro atoms. The van der Waals surface area contributed by atoms with Crippen molar-refractivity contribution in [1.29, 1.82) is 0 Å². The summed E-state index contributed by atoms with van der Waals surface area (Å²) in [5.41, 5.74) is 3.72. The molecule has 1 N–H and O–H groups in total. The van der Waals surface area contributed by atoms with Crippen molar-refractivity contribution in [3.63, 3.8) is 0 Å². The Hall–Kier alpha value is -2.61. The van der Waals surface area contributed by atoms with Crippen molar-refractivity contribution in [2.45, 2.75) is 12.1 Å². The molecule has 31 heavy (non-hydrogen) atoms. The average Bonchev–Trinajstić information content (AvgIpc) is 3.17. The van der Waals surface area contributed by atoms with Crippen molar-refractivity contribution in [3.05, 3.63) is 87.9 Å². The van der Waals surface area contributed by atoms with Crippen LogP contribution in [0.25, 0.3) is 17.1 Å². The van der Waals surface area contributed by atoms with E-state index in [4.69, 9.17) is 11.6 Å². The zero-order chi connectivity index (χ0) is 21.8. The summed E-state index contributed by atoms with van der Waals surface area (Å²) < 4.78 is 2.85. The summed E-state index contributed by atoms with van der Waals surface area (Å²) in [5, 5.41) is 12.9. The Morgan fingerprint density at radius 3 is 2.52 bits per heavy atom. The van der Waals surface area contributed by atoms with Gasteiger partial charge in [-0.2, -0.15) is 0 Å². The van der Waals surface area contributed by atoms with E-state index in [0.717, 1.165) is 21.4 Å². The van der Waals surface area contributed by atoms with Gasteiger partial charge in [0.2, 0.25) is 5.91 Å². The monoisotopic (exact) mass is 512 g/mol. The number of hydrogen-bond donors (Lipinski definition) is 1. The van der Waals surface area contributed by atoms with Crippen LogP contribution >= 0.6 is 39.3 Å². The highest BCUT2D eigenvalue weighted by molar-refractivity contribution is 9.10. The molecule has 0 aliphatic heterocycles. The van der Waals surface area contributed by atoms with E-state index in [9.17, 15) is 4.79 Å². The molecule has 1 heterocycles. The van der Waals surface area contributed by atoms with Gasteiger partial charge in [0.25, 0.3) is 0 Å². The molecule has 8 heteroatoms. The van der Waals surface area contributed by atoms with Gasteiger partial charge >= 0.3 is 0 Å². The van der Waals surface area contributed by atoms with Crippen LogP contribution < -0.4 is 5.32 Å². The van der Waals surface area contributed by atoms with Crippen molar-refractivity contribution in [3.8, 4) is 17.1 Å². The van der Waals surface area contributed by atoms with Gasteiger partial charge in [0.05, 0.1) is 5.75 Å². The first-order valence-electron chi connectivity index (χ1n) is 9.46. The Balaban J connectivity index is 1.60. The lowest BCUT2D eigenvalue weighted by atomic mass is 10.1. The van der Waals surface area contributed by atoms with Crippen LogP contribution in [0, 0.1) is 6.92 Å². The summed E-state index contributed by atoms with van der Waals surface area (Å²) in [5.74, 6) is 0.787.